The zero-order valence-electron chi connectivity index (χ0n) is 16.7. The zero-order valence-corrected chi connectivity index (χ0v) is 17.5. The van der Waals surface area contributed by atoms with Gasteiger partial charge in [-0.3, -0.25) is 0 Å². The number of nitrogen functional groups attached to an aromatic ring is 1. The molecule has 1 aromatic carbocycles. The number of imidazole rings is 1. The van der Waals surface area contributed by atoms with E-state index in [0.717, 1.165) is 59.4 Å². The van der Waals surface area contributed by atoms with E-state index in [1.165, 1.54) is 5.56 Å². The van der Waals surface area contributed by atoms with Crippen LogP contribution in [0.25, 0.3) is 11.0 Å². The maximum absolute atomic E-state index is 6.09. The first kappa shape index (κ1) is 19.1. The number of nitrogens with one attached hydrogen (secondary N) is 1. The van der Waals surface area contributed by atoms with Gasteiger partial charge < -0.3 is 20.4 Å². The Labute approximate surface area is 169 Å². The number of anilines is 1. The minimum Gasteiger partial charge on any atom is -0.493 e. The predicted molar refractivity (Wildman–Crippen MR) is 114 cm³/mol. The van der Waals surface area contributed by atoms with Crippen LogP contribution in [0.3, 0.4) is 0 Å². The normalized spacial score (nSPS) is 13.7. The Balaban J connectivity index is 1.60. The highest BCUT2D eigenvalue weighted by Crippen LogP contribution is 2.35. The fourth-order valence-electron chi connectivity index (χ4n) is 3.36. The third kappa shape index (κ3) is 4.10. The van der Waals surface area contributed by atoms with E-state index in [1.807, 2.05) is 6.07 Å². The number of benzene rings is 1. The van der Waals surface area contributed by atoms with Crippen molar-refractivity contribution < 1.29 is 4.74 Å². The molecule has 0 saturated carbocycles. The molecule has 6 nitrogen and oxygen atoms in total. The number of hydrogen-bond acceptors (Lipinski definition) is 6. The van der Waals surface area contributed by atoms with Gasteiger partial charge in [0.05, 0.1) is 12.1 Å². The van der Waals surface area contributed by atoms with Crippen LogP contribution in [0.15, 0.2) is 40.5 Å². The van der Waals surface area contributed by atoms with Crippen LogP contribution in [0.5, 0.6) is 5.75 Å². The van der Waals surface area contributed by atoms with Crippen LogP contribution >= 0.6 is 11.8 Å². The highest BCUT2D eigenvalue weighted by atomic mass is 32.2. The van der Waals surface area contributed by atoms with E-state index in [-0.39, 0.29) is 5.54 Å². The van der Waals surface area contributed by atoms with Gasteiger partial charge in [0.25, 0.3) is 0 Å². The molecule has 0 fully saturated rings. The topological polar surface area (TPSA) is 78.0 Å². The van der Waals surface area contributed by atoms with Gasteiger partial charge in [-0.1, -0.05) is 17.8 Å². The van der Waals surface area contributed by atoms with Gasteiger partial charge in [-0.2, -0.15) is 0 Å². The summed E-state index contributed by atoms with van der Waals surface area (Å²) in [5, 5.41) is 4.48. The van der Waals surface area contributed by atoms with E-state index in [0.29, 0.717) is 5.82 Å². The Morgan fingerprint density at radius 3 is 2.96 bits per heavy atom. The van der Waals surface area contributed by atoms with Crippen LogP contribution in [-0.2, 0) is 13.0 Å². The molecule has 3 aromatic rings. The Kier molecular flexibility index (Phi) is 5.21. The first-order chi connectivity index (χ1) is 13.4. The molecule has 3 N–H and O–H groups in total. The summed E-state index contributed by atoms with van der Waals surface area (Å²) in [6.45, 7) is 9.13. The number of aromatic nitrogens is 3. The number of pyridine rings is 1. The first-order valence-electron chi connectivity index (χ1n) is 9.70. The van der Waals surface area contributed by atoms with Gasteiger partial charge in [-0.25, -0.2) is 9.97 Å². The molecule has 4 rings (SSSR count). The highest BCUT2D eigenvalue weighted by molar-refractivity contribution is 7.99. The minimum absolute atomic E-state index is 0.118. The monoisotopic (exact) mass is 397 g/mol. The minimum atomic E-state index is 0.118. The number of aryl methyl sites for hydroxylation is 1. The molecule has 3 heterocycles. The van der Waals surface area contributed by atoms with Crippen LogP contribution in [-0.4, -0.2) is 33.2 Å². The molecule has 0 spiro atoms. The molecule has 2 aromatic heterocycles. The molecule has 0 bridgehead atoms. The number of hydrogen-bond donors (Lipinski definition) is 2. The maximum atomic E-state index is 6.09. The van der Waals surface area contributed by atoms with Gasteiger partial charge >= 0.3 is 0 Å². The van der Waals surface area contributed by atoms with Gasteiger partial charge in [0.1, 0.15) is 11.3 Å². The van der Waals surface area contributed by atoms with Crippen molar-refractivity contribution >= 4 is 28.6 Å². The van der Waals surface area contributed by atoms with Crippen molar-refractivity contribution in [3.63, 3.8) is 0 Å². The van der Waals surface area contributed by atoms with Crippen molar-refractivity contribution in [3.8, 4) is 5.75 Å². The smallest absolute Gasteiger partial charge is 0.174 e. The van der Waals surface area contributed by atoms with Gasteiger partial charge in [0, 0.05) is 29.6 Å². The SMILES string of the molecule is CC(C)(C)NCCCn1c(Sc2ccc3c(c2)OCC3)nc2c(N)nccc21. The number of rotatable bonds is 6. The lowest BCUT2D eigenvalue weighted by atomic mass is 10.1. The summed E-state index contributed by atoms with van der Waals surface area (Å²) in [5.74, 6) is 1.46. The van der Waals surface area contributed by atoms with Crippen molar-refractivity contribution in [2.75, 3.05) is 18.9 Å². The molecule has 28 heavy (non-hydrogen) atoms. The molecule has 0 amide bonds. The van der Waals surface area contributed by atoms with Crippen molar-refractivity contribution in [1.82, 2.24) is 19.9 Å². The average Bonchev–Trinajstić information content (AvgIpc) is 3.23. The molecule has 0 atom stereocenters. The van der Waals surface area contributed by atoms with E-state index >= 15 is 0 Å². The third-order valence-electron chi connectivity index (χ3n) is 4.75. The van der Waals surface area contributed by atoms with E-state index in [2.05, 4.69) is 53.8 Å². The summed E-state index contributed by atoms with van der Waals surface area (Å²) in [4.78, 5) is 10.1. The molecular weight excluding hydrogens is 370 g/mol. The van der Waals surface area contributed by atoms with Gasteiger partial charge in [-0.05, 0) is 57.5 Å². The molecule has 0 radical (unpaired) electrons. The Hall–Kier alpha value is -2.25. The second-order valence-corrected chi connectivity index (χ2v) is 9.15. The fraction of sp³-hybridized carbons (Fsp3) is 0.429. The summed E-state index contributed by atoms with van der Waals surface area (Å²) in [7, 11) is 0. The summed E-state index contributed by atoms with van der Waals surface area (Å²) < 4.78 is 7.96. The molecular formula is C21H27N5OS. The van der Waals surface area contributed by atoms with Crippen molar-refractivity contribution in [1.29, 1.82) is 0 Å². The van der Waals surface area contributed by atoms with E-state index in [9.17, 15) is 0 Å². The van der Waals surface area contributed by atoms with Crippen LogP contribution in [0.2, 0.25) is 0 Å². The molecule has 0 aliphatic carbocycles. The van der Waals surface area contributed by atoms with Gasteiger partial charge in [0.2, 0.25) is 0 Å². The summed E-state index contributed by atoms with van der Waals surface area (Å²) >= 11 is 1.65. The molecule has 1 aliphatic heterocycles. The van der Waals surface area contributed by atoms with Crippen LogP contribution in [0.1, 0.15) is 32.8 Å². The standard InChI is InChI=1S/C21H27N5OS/c1-21(2,3)24-9-4-11-26-16-7-10-23-19(22)18(16)25-20(26)28-15-6-5-14-8-12-27-17(14)13-15/h5-7,10,13,24H,4,8-9,11-12H2,1-3H3,(H2,22,23). The zero-order chi connectivity index (χ0) is 19.7. The van der Waals surface area contributed by atoms with Crippen LogP contribution in [0, 0.1) is 0 Å². The highest BCUT2D eigenvalue weighted by Gasteiger charge is 2.17. The lowest BCUT2D eigenvalue weighted by Crippen LogP contribution is -2.36. The Morgan fingerprint density at radius 2 is 2.14 bits per heavy atom. The van der Waals surface area contributed by atoms with E-state index in [1.54, 1.807) is 18.0 Å². The van der Waals surface area contributed by atoms with Crippen LogP contribution < -0.4 is 15.8 Å². The van der Waals surface area contributed by atoms with Crippen molar-refractivity contribution in [2.45, 2.75) is 55.7 Å². The summed E-state index contributed by atoms with van der Waals surface area (Å²) in [6.07, 6.45) is 3.74. The Bertz CT molecular complexity index is 992. The average molecular weight is 398 g/mol. The second kappa shape index (κ2) is 7.64. The fourth-order valence-corrected chi connectivity index (χ4v) is 4.31. The lowest BCUT2D eigenvalue weighted by molar-refractivity contribution is 0.356. The van der Waals surface area contributed by atoms with Crippen molar-refractivity contribution in [3.05, 3.63) is 36.0 Å². The van der Waals surface area contributed by atoms with E-state index in [4.69, 9.17) is 15.5 Å². The number of fused-ring (bicyclic) bond motifs is 2. The molecule has 0 unspecified atom stereocenters. The Morgan fingerprint density at radius 1 is 1.29 bits per heavy atom. The second-order valence-electron chi connectivity index (χ2n) is 8.11. The first-order valence-corrected chi connectivity index (χ1v) is 10.5. The van der Waals surface area contributed by atoms with Crippen LogP contribution in [0.4, 0.5) is 5.82 Å². The third-order valence-corrected chi connectivity index (χ3v) is 5.73. The van der Waals surface area contributed by atoms with Crippen molar-refractivity contribution in [2.24, 2.45) is 0 Å². The molecule has 7 heteroatoms. The van der Waals surface area contributed by atoms with Gasteiger partial charge in [0.15, 0.2) is 11.0 Å². The quantitative estimate of drug-likeness (QED) is 0.615. The number of ether oxygens (including phenoxy) is 1. The lowest BCUT2D eigenvalue weighted by Gasteiger charge is -2.20. The largest absolute Gasteiger partial charge is 0.493 e. The van der Waals surface area contributed by atoms with Gasteiger partial charge in [-0.15, -0.1) is 0 Å². The van der Waals surface area contributed by atoms with E-state index < -0.39 is 0 Å². The summed E-state index contributed by atoms with van der Waals surface area (Å²) in [5.41, 5.74) is 9.29. The number of nitrogens with zero attached hydrogens (tertiary/aromatic N) is 3. The number of nitrogens with two attached hydrogens (primary N) is 1. The molecule has 1 aliphatic rings. The molecule has 148 valence electrons. The molecule has 0 saturated heterocycles. The summed E-state index contributed by atoms with van der Waals surface area (Å²) in [6, 6.07) is 8.40. The maximum Gasteiger partial charge on any atom is 0.174 e. The predicted octanol–water partition coefficient (Wildman–Crippen LogP) is 3.88.